The SMILES string of the molecule is CCOC(=O)c1nnn(CCN2CCNC2=O)c1C(F)F. The lowest BCUT2D eigenvalue weighted by Crippen LogP contribution is -2.31. The molecule has 0 unspecified atom stereocenters. The molecule has 0 saturated carbocycles. The lowest BCUT2D eigenvalue weighted by Gasteiger charge is -2.14. The van der Waals surface area contributed by atoms with Crippen LogP contribution in [0.15, 0.2) is 0 Å². The zero-order valence-electron chi connectivity index (χ0n) is 11.4. The maximum atomic E-state index is 13.1. The number of rotatable bonds is 6. The highest BCUT2D eigenvalue weighted by atomic mass is 19.3. The molecular formula is C11H15F2N5O3. The maximum absolute atomic E-state index is 13.1. The van der Waals surface area contributed by atoms with Gasteiger partial charge in [0, 0.05) is 19.6 Å². The molecule has 1 aromatic rings. The fourth-order valence-electron chi connectivity index (χ4n) is 1.99. The Morgan fingerprint density at radius 2 is 2.24 bits per heavy atom. The molecule has 0 atom stereocenters. The molecular weight excluding hydrogens is 288 g/mol. The van der Waals surface area contributed by atoms with E-state index in [0.29, 0.717) is 13.1 Å². The molecule has 0 spiro atoms. The van der Waals surface area contributed by atoms with E-state index in [9.17, 15) is 18.4 Å². The Morgan fingerprint density at radius 3 is 2.81 bits per heavy atom. The van der Waals surface area contributed by atoms with Gasteiger partial charge in [-0.15, -0.1) is 5.10 Å². The van der Waals surface area contributed by atoms with Crippen LogP contribution in [0.5, 0.6) is 0 Å². The highest BCUT2D eigenvalue weighted by Crippen LogP contribution is 2.22. The Balaban J connectivity index is 2.12. The number of amides is 2. The summed E-state index contributed by atoms with van der Waals surface area (Å²) in [6.07, 6.45) is -2.91. The van der Waals surface area contributed by atoms with Gasteiger partial charge in [-0.25, -0.2) is 23.1 Å². The number of ether oxygens (including phenoxy) is 1. The van der Waals surface area contributed by atoms with Crippen LogP contribution in [0.3, 0.4) is 0 Å². The van der Waals surface area contributed by atoms with Crippen molar-refractivity contribution in [1.29, 1.82) is 0 Å². The van der Waals surface area contributed by atoms with Crippen LogP contribution in [-0.2, 0) is 11.3 Å². The number of nitrogens with one attached hydrogen (secondary N) is 1. The third kappa shape index (κ3) is 3.26. The summed E-state index contributed by atoms with van der Waals surface area (Å²) < 4.78 is 31.8. The molecule has 2 amide bonds. The summed E-state index contributed by atoms with van der Waals surface area (Å²) in [6, 6.07) is -0.251. The molecule has 1 aliphatic rings. The summed E-state index contributed by atoms with van der Waals surface area (Å²) in [6.45, 7) is 2.88. The van der Waals surface area contributed by atoms with Crippen molar-refractivity contribution in [1.82, 2.24) is 25.2 Å². The van der Waals surface area contributed by atoms with Crippen molar-refractivity contribution in [3.63, 3.8) is 0 Å². The van der Waals surface area contributed by atoms with Crippen molar-refractivity contribution in [2.75, 3.05) is 26.2 Å². The van der Waals surface area contributed by atoms with Crippen molar-refractivity contribution < 1.29 is 23.1 Å². The molecule has 2 heterocycles. The minimum Gasteiger partial charge on any atom is -0.461 e. The second kappa shape index (κ2) is 6.46. The van der Waals surface area contributed by atoms with Crippen molar-refractivity contribution in [2.24, 2.45) is 0 Å². The van der Waals surface area contributed by atoms with Gasteiger partial charge in [0.15, 0.2) is 5.69 Å². The van der Waals surface area contributed by atoms with Gasteiger partial charge in [-0.3, -0.25) is 0 Å². The molecule has 1 N–H and O–H groups in total. The summed E-state index contributed by atoms with van der Waals surface area (Å²) in [5, 5.41) is 9.62. The van der Waals surface area contributed by atoms with E-state index >= 15 is 0 Å². The van der Waals surface area contributed by atoms with E-state index in [4.69, 9.17) is 0 Å². The lowest BCUT2D eigenvalue weighted by molar-refractivity contribution is 0.0506. The highest BCUT2D eigenvalue weighted by molar-refractivity contribution is 5.88. The van der Waals surface area contributed by atoms with E-state index < -0.39 is 23.8 Å². The fraction of sp³-hybridized carbons (Fsp3) is 0.636. The quantitative estimate of drug-likeness (QED) is 0.769. The summed E-state index contributed by atoms with van der Waals surface area (Å²) in [4.78, 5) is 24.4. The molecule has 2 rings (SSSR count). The smallest absolute Gasteiger partial charge is 0.361 e. The number of aromatic nitrogens is 3. The van der Waals surface area contributed by atoms with Gasteiger partial charge in [-0.05, 0) is 6.92 Å². The third-order valence-corrected chi connectivity index (χ3v) is 2.98. The minimum absolute atomic E-state index is 0.0273. The van der Waals surface area contributed by atoms with Crippen LogP contribution >= 0.6 is 0 Å². The Bertz CT molecular complexity index is 534. The minimum atomic E-state index is -2.91. The van der Waals surface area contributed by atoms with Gasteiger partial charge < -0.3 is 15.0 Å². The van der Waals surface area contributed by atoms with Gasteiger partial charge in [0.05, 0.1) is 13.2 Å². The number of hydrogen-bond donors (Lipinski definition) is 1. The average molecular weight is 303 g/mol. The van der Waals surface area contributed by atoms with E-state index in [2.05, 4.69) is 20.4 Å². The number of hydrogen-bond acceptors (Lipinski definition) is 5. The van der Waals surface area contributed by atoms with Gasteiger partial charge >= 0.3 is 12.0 Å². The second-order valence-electron chi connectivity index (χ2n) is 4.29. The van der Waals surface area contributed by atoms with Crippen LogP contribution in [0.25, 0.3) is 0 Å². The molecule has 0 aliphatic carbocycles. The van der Waals surface area contributed by atoms with Gasteiger partial charge in [0.2, 0.25) is 0 Å². The first-order valence-electron chi connectivity index (χ1n) is 6.46. The first-order valence-corrected chi connectivity index (χ1v) is 6.46. The number of alkyl halides is 2. The van der Waals surface area contributed by atoms with Gasteiger partial charge in [-0.1, -0.05) is 5.21 Å². The largest absolute Gasteiger partial charge is 0.461 e. The van der Waals surface area contributed by atoms with Crippen LogP contribution in [0, 0.1) is 0 Å². The van der Waals surface area contributed by atoms with Crippen molar-refractivity contribution in [3.05, 3.63) is 11.4 Å². The van der Waals surface area contributed by atoms with Crippen molar-refractivity contribution in [3.8, 4) is 0 Å². The number of urea groups is 1. The molecule has 1 saturated heterocycles. The van der Waals surface area contributed by atoms with E-state index in [-0.39, 0.29) is 25.7 Å². The van der Waals surface area contributed by atoms with E-state index in [1.165, 1.54) is 4.90 Å². The van der Waals surface area contributed by atoms with E-state index in [1.807, 2.05) is 0 Å². The predicted molar refractivity (Wildman–Crippen MR) is 65.9 cm³/mol. The summed E-state index contributed by atoms with van der Waals surface area (Å²) >= 11 is 0. The van der Waals surface area contributed by atoms with E-state index in [0.717, 1.165) is 4.68 Å². The summed E-state index contributed by atoms with van der Waals surface area (Å²) in [5.74, 6) is -0.932. The third-order valence-electron chi connectivity index (χ3n) is 2.98. The second-order valence-corrected chi connectivity index (χ2v) is 4.29. The monoisotopic (exact) mass is 303 g/mol. The average Bonchev–Trinajstić information content (AvgIpc) is 3.02. The molecule has 21 heavy (non-hydrogen) atoms. The van der Waals surface area contributed by atoms with Crippen molar-refractivity contribution >= 4 is 12.0 Å². The Morgan fingerprint density at radius 1 is 1.48 bits per heavy atom. The summed E-state index contributed by atoms with van der Waals surface area (Å²) in [5.41, 5.74) is -1.08. The van der Waals surface area contributed by atoms with Crippen LogP contribution in [-0.4, -0.2) is 58.1 Å². The van der Waals surface area contributed by atoms with Gasteiger partial charge in [0.25, 0.3) is 6.43 Å². The zero-order chi connectivity index (χ0) is 15.4. The fourth-order valence-corrected chi connectivity index (χ4v) is 1.99. The Labute approximate surface area is 119 Å². The molecule has 0 aromatic carbocycles. The first-order chi connectivity index (χ1) is 10.0. The van der Waals surface area contributed by atoms with Crippen molar-refractivity contribution in [2.45, 2.75) is 19.9 Å². The molecule has 10 heteroatoms. The lowest BCUT2D eigenvalue weighted by atomic mass is 10.3. The highest BCUT2D eigenvalue weighted by Gasteiger charge is 2.28. The number of carbonyl (C=O) groups excluding carboxylic acids is 2. The normalized spacial score (nSPS) is 14.7. The number of esters is 1. The molecule has 8 nitrogen and oxygen atoms in total. The number of halogens is 2. The molecule has 0 bridgehead atoms. The van der Waals surface area contributed by atoms with Crippen LogP contribution in [0.2, 0.25) is 0 Å². The topological polar surface area (TPSA) is 89.3 Å². The molecule has 116 valence electrons. The Hall–Kier alpha value is -2.26. The van der Waals surface area contributed by atoms with Gasteiger partial charge in [-0.2, -0.15) is 0 Å². The molecule has 1 aliphatic heterocycles. The van der Waals surface area contributed by atoms with Crippen LogP contribution in [0.1, 0.15) is 29.5 Å². The number of carbonyl (C=O) groups is 2. The molecule has 1 aromatic heterocycles. The maximum Gasteiger partial charge on any atom is 0.361 e. The standard InChI is InChI=1S/C11H15F2N5O3/c1-2-21-10(19)7-8(9(12)13)18(16-15-7)6-5-17-4-3-14-11(17)20/h9H,2-6H2,1H3,(H,14,20). The zero-order valence-corrected chi connectivity index (χ0v) is 11.4. The first kappa shape index (κ1) is 15.1. The van der Waals surface area contributed by atoms with Crippen LogP contribution < -0.4 is 5.32 Å². The summed E-state index contributed by atoms with van der Waals surface area (Å²) in [7, 11) is 0. The van der Waals surface area contributed by atoms with Crippen LogP contribution in [0.4, 0.5) is 13.6 Å². The van der Waals surface area contributed by atoms with E-state index in [1.54, 1.807) is 6.92 Å². The molecule has 1 fully saturated rings. The Kier molecular flexibility index (Phi) is 4.66. The predicted octanol–water partition coefficient (Wildman–Crippen LogP) is 0.418. The number of nitrogens with zero attached hydrogens (tertiary/aromatic N) is 4. The van der Waals surface area contributed by atoms with Gasteiger partial charge in [0.1, 0.15) is 5.69 Å². The molecule has 0 radical (unpaired) electrons.